The molecule has 1 aromatic heterocycles. The van der Waals surface area contributed by atoms with E-state index in [-0.39, 0.29) is 17.4 Å². The van der Waals surface area contributed by atoms with Crippen molar-refractivity contribution < 1.29 is 4.74 Å². The predicted molar refractivity (Wildman–Crippen MR) is 66.8 cm³/mol. The maximum atomic E-state index is 5.72. The highest BCUT2D eigenvalue weighted by molar-refractivity contribution is 5.64. The molecule has 2 aromatic rings. The van der Waals surface area contributed by atoms with E-state index in [2.05, 4.69) is 9.97 Å². The van der Waals surface area contributed by atoms with Gasteiger partial charge < -0.3 is 16.2 Å². The number of hydrogen-bond donors (Lipinski definition) is 2. The molecule has 2 rings (SSSR count). The van der Waals surface area contributed by atoms with E-state index in [1.54, 1.807) is 0 Å². The minimum Gasteiger partial charge on any atom is -0.437 e. The maximum absolute atomic E-state index is 5.72. The Bertz CT molecular complexity index is 554. The van der Waals surface area contributed by atoms with E-state index in [4.69, 9.17) is 16.2 Å². The van der Waals surface area contributed by atoms with E-state index < -0.39 is 0 Å². The molecular formula is C12H14N4O. The molecule has 0 aliphatic carbocycles. The van der Waals surface area contributed by atoms with Crippen molar-refractivity contribution in [2.75, 3.05) is 11.5 Å². The lowest BCUT2D eigenvalue weighted by Crippen LogP contribution is -2.02. The lowest BCUT2D eigenvalue weighted by molar-refractivity contribution is 0.464. The minimum atomic E-state index is 0.221. The molecule has 5 heteroatoms. The second-order valence-electron chi connectivity index (χ2n) is 3.83. The third kappa shape index (κ3) is 2.28. The summed E-state index contributed by atoms with van der Waals surface area (Å²) in [6, 6.07) is 5.76. The number of nitrogen functional groups attached to an aromatic ring is 2. The Morgan fingerprint density at radius 1 is 1.06 bits per heavy atom. The van der Waals surface area contributed by atoms with E-state index in [9.17, 15) is 0 Å². The SMILES string of the molecule is Cc1ccc(Oc2ncnc(N)c2N)cc1C. The zero-order valence-corrected chi connectivity index (χ0v) is 9.77. The lowest BCUT2D eigenvalue weighted by Gasteiger charge is -2.09. The second-order valence-corrected chi connectivity index (χ2v) is 3.83. The van der Waals surface area contributed by atoms with Crippen LogP contribution in [0.3, 0.4) is 0 Å². The fourth-order valence-electron chi connectivity index (χ4n) is 1.36. The zero-order valence-electron chi connectivity index (χ0n) is 9.77. The van der Waals surface area contributed by atoms with Crippen molar-refractivity contribution in [1.29, 1.82) is 0 Å². The molecule has 0 fully saturated rings. The molecule has 4 N–H and O–H groups in total. The maximum Gasteiger partial charge on any atom is 0.248 e. The minimum absolute atomic E-state index is 0.221. The Morgan fingerprint density at radius 3 is 2.53 bits per heavy atom. The van der Waals surface area contributed by atoms with Gasteiger partial charge in [-0.15, -0.1) is 0 Å². The van der Waals surface area contributed by atoms with Crippen LogP contribution in [0.15, 0.2) is 24.5 Å². The standard InChI is InChI=1S/C12H14N4O/c1-7-3-4-9(5-8(7)2)17-12-10(13)11(14)15-6-16-12/h3-6H,13H2,1-2H3,(H2,14,15,16). The number of nitrogens with two attached hydrogens (primary N) is 2. The van der Waals surface area contributed by atoms with Gasteiger partial charge in [-0.1, -0.05) is 6.07 Å². The lowest BCUT2D eigenvalue weighted by atomic mass is 10.1. The third-order valence-electron chi connectivity index (χ3n) is 2.57. The van der Waals surface area contributed by atoms with Crippen LogP contribution in [0.1, 0.15) is 11.1 Å². The molecule has 0 saturated heterocycles. The molecule has 0 spiro atoms. The average Bonchev–Trinajstić information content (AvgIpc) is 2.30. The third-order valence-corrected chi connectivity index (χ3v) is 2.57. The summed E-state index contributed by atoms with van der Waals surface area (Å²) < 4.78 is 5.57. The first-order valence-corrected chi connectivity index (χ1v) is 5.19. The molecule has 0 saturated carbocycles. The highest BCUT2D eigenvalue weighted by atomic mass is 16.5. The van der Waals surface area contributed by atoms with Crippen LogP contribution in [0.5, 0.6) is 11.6 Å². The molecule has 5 nitrogen and oxygen atoms in total. The highest BCUT2D eigenvalue weighted by Crippen LogP contribution is 2.28. The quantitative estimate of drug-likeness (QED) is 0.824. The van der Waals surface area contributed by atoms with Gasteiger partial charge in [0.05, 0.1) is 0 Å². The van der Waals surface area contributed by atoms with E-state index in [0.717, 1.165) is 5.56 Å². The van der Waals surface area contributed by atoms with Gasteiger partial charge in [-0.2, -0.15) is 4.98 Å². The first-order valence-electron chi connectivity index (χ1n) is 5.19. The number of ether oxygens (including phenoxy) is 1. The summed E-state index contributed by atoms with van der Waals surface area (Å²) in [5, 5.41) is 0. The second kappa shape index (κ2) is 4.29. The van der Waals surface area contributed by atoms with Gasteiger partial charge in [0.2, 0.25) is 5.88 Å². The van der Waals surface area contributed by atoms with Gasteiger partial charge in [-0.25, -0.2) is 4.98 Å². The molecule has 1 heterocycles. The Labute approximate surface area is 99.5 Å². The molecule has 1 aromatic carbocycles. The monoisotopic (exact) mass is 230 g/mol. The number of benzene rings is 1. The van der Waals surface area contributed by atoms with E-state index in [0.29, 0.717) is 5.75 Å². The summed E-state index contributed by atoms with van der Waals surface area (Å²) in [6.07, 6.45) is 1.32. The van der Waals surface area contributed by atoms with Crippen LogP contribution in [-0.2, 0) is 0 Å². The zero-order chi connectivity index (χ0) is 12.4. The molecule has 17 heavy (non-hydrogen) atoms. The fraction of sp³-hybridized carbons (Fsp3) is 0.167. The predicted octanol–water partition coefficient (Wildman–Crippen LogP) is 2.05. The van der Waals surface area contributed by atoms with Crippen molar-refractivity contribution >= 4 is 11.5 Å². The van der Waals surface area contributed by atoms with Gasteiger partial charge in [0, 0.05) is 0 Å². The van der Waals surface area contributed by atoms with Crippen molar-refractivity contribution in [2.45, 2.75) is 13.8 Å². The highest BCUT2D eigenvalue weighted by Gasteiger charge is 2.07. The Morgan fingerprint density at radius 2 is 1.82 bits per heavy atom. The van der Waals surface area contributed by atoms with Crippen molar-refractivity contribution in [3.63, 3.8) is 0 Å². The number of aromatic nitrogens is 2. The Hall–Kier alpha value is -2.30. The molecular weight excluding hydrogens is 216 g/mol. The number of anilines is 2. The summed E-state index contributed by atoms with van der Waals surface area (Å²) in [5.74, 6) is 1.18. The summed E-state index contributed by atoms with van der Waals surface area (Å²) in [4.78, 5) is 7.72. The molecule has 0 radical (unpaired) electrons. The summed E-state index contributed by atoms with van der Waals surface area (Å²) in [5.41, 5.74) is 13.9. The topological polar surface area (TPSA) is 87.0 Å². The van der Waals surface area contributed by atoms with Crippen molar-refractivity contribution in [1.82, 2.24) is 9.97 Å². The van der Waals surface area contributed by atoms with Crippen molar-refractivity contribution in [3.8, 4) is 11.6 Å². The van der Waals surface area contributed by atoms with Crippen LogP contribution in [-0.4, -0.2) is 9.97 Å². The number of nitrogens with zero attached hydrogens (tertiary/aromatic N) is 2. The van der Waals surface area contributed by atoms with Gasteiger partial charge in [0.25, 0.3) is 0 Å². The molecule has 88 valence electrons. The van der Waals surface area contributed by atoms with Crippen LogP contribution < -0.4 is 16.2 Å². The van der Waals surface area contributed by atoms with Crippen LogP contribution in [0.25, 0.3) is 0 Å². The van der Waals surface area contributed by atoms with E-state index in [1.165, 1.54) is 11.9 Å². The van der Waals surface area contributed by atoms with Gasteiger partial charge in [-0.05, 0) is 37.1 Å². The van der Waals surface area contributed by atoms with Crippen LogP contribution in [0.4, 0.5) is 11.5 Å². The number of aryl methyl sites for hydroxylation is 2. The molecule has 0 bridgehead atoms. The molecule has 0 unspecified atom stereocenters. The molecule has 0 amide bonds. The average molecular weight is 230 g/mol. The van der Waals surface area contributed by atoms with Crippen LogP contribution in [0, 0.1) is 13.8 Å². The first kappa shape index (κ1) is 11.2. The van der Waals surface area contributed by atoms with Crippen molar-refractivity contribution in [2.24, 2.45) is 0 Å². The van der Waals surface area contributed by atoms with Crippen LogP contribution >= 0.6 is 0 Å². The molecule has 0 aliphatic rings. The van der Waals surface area contributed by atoms with Gasteiger partial charge >= 0.3 is 0 Å². The Balaban J connectivity index is 2.31. The van der Waals surface area contributed by atoms with Crippen LogP contribution in [0.2, 0.25) is 0 Å². The smallest absolute Gasteiger partial charge is 0.248 e. The molecule has 0 atom stereocenters. The Kier molecular flexibility index (Phi) is 2.82. The fourth-order valence-corrected chi connectivity index (χ4v) is 1.36. The van der Waals surface area contributed by atoms with Gasteiger partial charge in [0.1, 0.15) is 17.8 Å². The first-order chi connectivity index (χ1) is 8.08. The molecule has 0 aliphatic heterocycles. The van der Waals surface area contributed by atoms with Gasteiger partial charge in [-0.3, -0.25) is 0 Å². The van der Waals surface area contributed by atoms with Gasteiger partial charge in [0.15, 0.2) is 5.82 Å². The van der Waals surface area contributed by atoms with E-state index >= 15 is 0 Å². The normalized spacial score (nSPS) is 10.2. The van der Waals surface area contributed by atoms with Crippen molar-refractivity contribution in [3.05, 3.63) is 35.7 Å². The number of rotatable bonds is 2. The summed E-state index contributed by atoms with van der Waals surface area (Å²) >= 11 is 0. The summed E-state index contributed by atoms with van der Waals surface area (Å²) in [7, 11) is 0. The summed E-state index contributed by atoms with van der Waals surface area (Å²) in [6.45, 7) is 4.05. The number of hydrogen-bond acceptors (Lipinski definition) is 5. The van der Waals surface area contributed by atoms with E-state index in [1.807, 2.05) is 32.0 Å². The largest absolute Gasteiger partial charge is 0.437 e.